The summed E-state index contributed by atoms with van der Waals surface area (Å²) in [5.41, 5.74) is 13.4. The van der Waals surface area contributed by atoms with Crippen molar-refractivity contribution >= 4 is 34.7 Å². The number of rotatable bonds is 6. The number of benzene rings is 2. The Morgan fingerprint density at radius 2 is 1.56 bits per heavy atom. The number of carbonyl (C=O) groups is 2. The molecule has 0 unspecified atom stereocenters. The summed E-state index contributed by atoms with van der Waals surface area (Å²) in [6.07, 6.45) is 1.32. The molecule has 0 aliphatic carbocycles. The van der Waals surface area contributed by atoms with Gasteiger partial charge < -0.3 is 11.1 Å². The number of carbonyl (C=O) groups excluding carboxylic acids is 2. The van der Waals surface area contributed by atoms with Gasteiger partial charge in [-0.05, 0) is 43.3 Å². The molecule has 2 aromatic carbocycles. The van der Waals surface area contributed by atoms with Gasteiger partial charge in [0.1, 0.15) is 12.0 Å². The number of nitrogens with zero attached hydrogens (tertiary/aromatic N) is 2. The minimum absolute atomic E-state index is 0.0104. The van der Waals surface area contributed by atoms with Gasteiger partial charge in [0.05, 0.1) is 0 Å². The van der Waals surface area contributed by atoms with E-state index >= 15 is 0 Å². The largest absolute Gasteiger partial charge is 0.393 e. The summed E-state index contributed by atoms with van der Waals surface area (Å²) in [5.74, 6) is 0.306. The molecule has 136 valence electrons. The number of aromatic nitrogens is 2. The first-order chi connectivity index (χ1) is 13.0. The molecule has 0 fully saturated rings. The molecule has 0 bridgehead atoms. The number of anilines is 4. The van der Waals surface area contributed by atoms with Crippen LogP contribution >= 0.6 is 0 Å². The molecule has 8 nitrogen and oxygen atoms in total. The number of hydrogen-bond donors (Lipinski definition) is 4. The van der Waals surface area contributed by atoms with Gasteiger partial charge >= 0.3 is 0 Å². The zero-order chi connectivity index (χ0) is 19.2. The van der Waals surface area contributed by atoms with Crippen LogP contribution in [0, 0.1) is 0 Å². The fourth-order valence-corrected chi connectivity index (χ4v) is 2.30. The number of nitrogen functional groups attached to an aromatic ring is 1. The van der Waals surface area contributed by atoms with Gasteiger partial charge in [0.25, 0.3) is 5.91 Å². The van der Waals surface area contributed by atoms with Crippen molar-refractivity contribution < 1.29 is 9.59 Å². The lowest BCUT2D eigenvalue weighted by atomic mass is 10.1. The number of nitrogens with two attached hydrogens (primary N) is 1. The van der Waals surface area contributed by atoms with Gasteiger partial charge in [-0.15, -0.1) is 0 Å². The molecular formula is C19H18N6O2. The van der Waals surface area contributed by atoms with Gasteiger partial charge in [0.2, 0.25) is 0 Å². The third-order valence-corrected chi connectivity index (χ3v) is 3.77. The molecule has 0 atom stereocenters. The molecule has 0 saturated carbocycles. The Labute approximate surface area is 155 Å². The Morgan fingerprint density at radius 1 is 0.889 bits per heavy atom. The van der Waals surface area contributed by atoms with E-state index in [4.69, 9.17) is 5.73 Å². The van der Waals surface area contributed by atoms with Gasteiger partial charge in [-0.3, -0.25) is 20.4 Å². The first-order valence-electron chi connectivity index (χ1n) is 8.14. The summed E-state index contributed by atoms with van der Waals surface area (Å²) in [7, 11) is 0. The van der Waals surface area contributed by atoms with Gasteiger partial charge in [0.15, 0.2) is 17.4 Å². The summed E-state index contributed by atoms with van der Waals surface area (Å²) in [6, 6.07) is 15.7. The highest BCUT2D eigenvalue weighted by Crippen LogP contribution is 2.25. The minimum atomic E-state index is -0.317. The lowest BCUT2D eigenvalue weighted by Crippen LogP contribution is -2.30. The predicted octanol–water partition coefficient (Wildman–Crippen LogP) is 2.76. The molecule has 5 N–H and O–H groups in total. The number of amides is 1. The van der Waals surface area contributed by atoms with E-state index < -0.39 is 0 Å². The molecule has 8 heteroatoms. The highest BCUT2D eigenvalue weighted by atomic mass is 16.2. The lowest BCUT2D eigenvalue weighted by Gasteiger charge is -2.13. The molecule has 1 aromatic heterocycles. The molecule has 0 aliphatic heterocycles. The molecule has 1 amide bonds. The molecular weight excluding hydrogens is 344 g/mol. The van der Waals surface area contributed by atoms with Crippen molar-refractivity contribution in [2.75, 3.05) is 16.5 Å². The van der Waals surface area contributed by atoms with E-state index in [9.17, 15) is 9.59 Å². The maximum atomic E-state index is 12.1. The molecule has 0 aliphatic rings. The number of Topliss-reactive ketones (excluding diaryl/α,β-unsaturated/α-hetero) is 1. The Kier molecular flexibility index (Phi) is 5.27. The fraction of sp³-hybridized carbons (Fsp3) is 0.0526. The average Bonchev–Trinajstić information content (AvgIpc) is 2.69. The molecule has 1 heterocycles. The highest BCUT2D eigenvalue weighted by molar-refractivity contribution is 5.95. The van der Waals surface area contributed by atoms with Gasteiger partial charge in [-0.1, -0.05) is 18.2 Å². The number of nitrogens with one attached hydrogen (secondary N) is 3. The van der Waals surface area contributed by atoms with Crippen LogP contribution in [-0.4, -0.2) is 21.7 Å². The topological polar surface area (TPSA) is 122 Å². The van der Waals surface area contributed by atoms with Crippen LogP contribution in [-0.2, 0) is 0 Å². The van der Waals surface area contributed by atoms with E-state index in [0.29, 0.717) is 22.6 Å². The number of hydrogen-bond acceptors (Lipinski definition) is 7. The van der Waals surface area contributed by atoms with Crippen LogP contribution in [0.4, 0.5) is 23.0 Å². The normalized spacial score (nSPS) is 10.1. The van der Waals surface area contributed by atoms with Gasteiger partial charge in [-0.25, -0.2) is 9.97 Å². The summed E-state index contributed by atoms with van der Waals surface area (Å²) in [4.78, 5) is 31.6. The molecule has 3 rings (SSSR count). The predicted molar refractivity (Wildman–Crippen MR) is 104 cm³/mol. The smallest absolute Gasteiger partial charge is 0.269 e. The van der Waals surface area contributed by atoms with E-state index in [1.165, 1.54) is 13.3 Å². The molecule has 0 spiro atoms. The van der Waals surface area contributed by atoms with E-state index in [1.54, 1.807) is 48.5 Å². The fourth-order valence-electron chi connectivity index (χ4n) is 2.30. The van der Waals surface area contributed by atoms with Crippen LogP contribution in [0.5, 0.6) is 0 Å². The van der Waals surface area contributed by atoms with E-state index in [-0.39, 0.29) is 23.2 Å². The average molecular weight is 362 g/mol. The van der Waals surface area contributed by atoms with Crippen molar-refractivity contribution in [3.05, 3.63) is 72.1 Å². The summed E-state index contributed by atoms with van der Waals surface area (Å²) >= 11 is 0. The van der Waals surface area contributed by atoms with Gasteiger partial charge in [-0.2, -0.15) is 0 Å². The first-order valence-corrected chi connectivity index (χ1v) is 8.14. The Bertz CT molecular complexity index is 958. The second-order valence-corrected chi connectivity index (χ2v) is 5.69. The van der Waals surface area contributed by atoms with Crippen LogP contribution in [0.3, 0.4) is 0 Å². The van der Waals surface area contributed by atoms with Crippen molar-refractivity contribution in [3.63, 3.8) is 0 Å². The third-order valence-electron chi connectivity index (χ3n) is 3.77. The van der Waals surface area contributed by atoms with Crippen molar-refractivity contribution in [1.82, 2.24) is 15.4 Å². The minimum Gasteiger partial charge on any atom is -0.393 e. The standard InChI is InChI=1S/C19H18N6O2/c1-12(26)13-7-9-15(10-8-13)23-17-16(20)18(22-11-21-17)24-25-19(27)14-5-3-2-4-6-14/h2-11H,20H2,1H3,(H,25,27)(H2,21,22,23,24). The van der Waals surface area contributed by atoms with Crippen LogP contribution < -0.4 is 21.9 Å². The summed E-state index contributed by atoms with van der Waals surface area (Å²) < 4.78 is 0. The Hall–Kier alpha value is -3.94. The number of hydrazine groups is 1. The van der Waals surface area contributed by atoms with E-state index in [2.05, 4.69) is 26.1 Å². The SMILES string of the molecule is CC(=O)c1ccc(Nc2ncnc(NNC(=O)c3ccccc3)c2N)cc1. The summed E-state index contributed by atoms with van der Waals surface area (Å²) in [5, 5.41) is 3.06. The maximum absolute atomic E-state index is 12.1. The van der Waals surface area contributed by atoms with Crippen molar-refractivity contribution in [2.24, 2.45) is 0 Å². The summed E-state index contributed by atoms with van der Waals surface area (Å²) in [6.45, 7) is 1.51. The first kappa shape index (κ1) is 17.9. The maximum Gasteiger partial charge on any atom is 0.269 e. The van der Waals surface area contributed by atoms with Crippen molar-refractivity contribution in [3.8, 4) is 0 Å². The van der Waals surface area contributed by atoms with E-state index in [0.717, 1.165) is 0 Å². The molecule has 27 heavy (non-hydrogen) atoms. The second kappa shape index (κ2) is 7.96. The van der Waals surface area contributed by atoms with Crippen molar-refractivity contribution in [2.45, 2.75) is 6.92 Å². The Balaban J connectivity index is 1.70. The van der Waals surface area contributed by atoms with Crippen LogP contribution in [0.15, 0.2) is 60.9 Å². The molecule has 0 saturated heterocycles. The van der Waals surface area contributed by atoms with Crippen LogP contribution in [0.1, 0.15) is 27.6 Å². The monoisotopic (exact) mass is 362 g/mol. The van der Waals surface area contributed by atoms with E-state index in [1.807, 2.05) is 6.07 Å². The van der Waals surface area contributed by atoms with Crippen LogP contribution in [0.2, 0.25) is 0 Å². The third kappa shape index (κ3) is 4.37. The number of ketones is 1. The lowest BCUT2D eigenvalue weighted by molar-refractivity contribution is 0.0961. The van der Waals surface area contributed by atoms with Crippen molar-refractivity contribution in [1.29, 1.82) is 0 Å². The molecule has 0 radical (unpaired) electrons. The molecule has 3 aromatic rings. The zero-order valence-electron chi connectivity index (χ0n) is 14.6. The van der Waals surface area contributed by atoms with Gasteiger partial charge in [0, 0.05) is 16.8 Å². The zero-order valence-corrected chi connectivity index (χ0v) is 14.6. The van der Waals surface area contributed by atoms with Crippen LogP contribution in [0.25, 0.3) is 0 Å². The Morgan fingerprint density at radius 3 is 2.22 bits per heavy atom. The highest BCUT2D eigenvalue weighted by Gasteiger charge is 2.10. The quantitative estimate of drug-likeness (QED) is 0.393. The second-order valence-electron chi connectivity index (χ2n) is 5.69.